The van der Waals surface area contributed by atoms with Crippen LogP contribution in [0, 0.1) is 23.7 Å². The molecule has 0 spiro atoms. The molecule has 2 aromatic carbocycles. The molecule has 3 aliphatic heterocycles. The summed E-state index contributed by atoms with van der Waals surface area (Å²) in [6, 6.07) is 11.4. The molecule has 276 valence electrons. The van der Waals surface area contributed by atoms with E-state index in [2.05, 4.69) is 28.6 Å². The van der Waals surface area contributed by atoms with Gasteiger partial charge >= 0.3 is 0 Å². The van der Waals surface area contributed by atoms with Gasteiger partial charge in [-0.15, -0.1) is 0 Å². The number of nitrogens with zero attached hydrogens (tertiary/aromatic N) is 2. The maximum Gasteiger partial charge on any atom is 0.264 e. The molecule has 5 atom stereocenters. The van der Waals surface area contributed by atoms with Crippen LogP contribution < -0.4 is 14.4 Å². The molecule has 1 aliphatic carbocycles. The van der Waals surface area contributed by atoms with Crippen LogP contribution in [-0.2, 0) is 37.3 Å². The number of benzene rings is 2. The van der Waals surface area contributed by atoms with E-state index in [4.69, 9.17) is 30.5 Å². The zero-order chi connectivity index (χ0) is 35.4. The summed E-state index contributed by atoms with van der Waals surface area (Å²) in [6.07, 6.45) is 7.11. The average Bonchev–Trinajstić information content (AvgIpc) is 3.11. The summed E-state index contributed by atoms with van der Waals surface area (Å²) in [5, 5.41) is -0.165. The van der Waals surface area contributed by atoms with Crippen molar-refractivity contribution in [1.82, 2.24) is 9.62 Å². The summed E-state index contributed by atoms with van der Waals surface area (Å²) in [4.78, 5) is 18.2. The predicted octanol–water partition coefficient (Wildman–Crippen LogP) is 5.90. The van der Waals surface area contributed by atoms with Gasteiger partial charge in [-0.05, 0) is 118 Å². The lowest BCUT2D eigenvalue weighted by Crippen LogP contribution is -2.50. The number of carbonyl (C=O) groups is 1. The van der Waals surface area contributed by atoms with Gasteiger partial charge in [-0.25, -0.2) is 13.1 Å². The SMILES string of the molecule is COC[C@@H]1[C@@H](C)CCC[C@@H]([C@H]2OC[C@@H](N(C)C)CO2)[C@@H]2CC[C@H]2CN2CCCCc3cc(Cl)ccc3COc3ccc(cc32)C(=O)NS1(=O)=O. The summed E-state index contributed by atoms with van der Waals surface area (Å²) in [7, 11) is 1.55. The lowest BCUT2D eigenvalue weighted by Gasteiger charge is -2.48. The lowest BCUT2D eigenvalue weighted by molar-refractivity contribution is -0.240. The highest BCUT2D eigenvalue weighted by atomic mass is 35.5. The molecule has 50 heavy (non-hydrogen) atoms. The van der Waals surface area contributed by atoms with Crippen LogP contribution in [0.2, 0.25) is 5.02 Å². The first-order valence-corrected chi connectivity index (χ1v) is 20.2. The lowest BCUT2D eigenvalue weighted by atomic mass is 9.65. The van der Waals surface area contributed by atoms with Gasteiger partial charge in [-0.1, -0.05) is 31.0 Å². The minimum Gasteiger partial charge on any atom is -0.487 e. The number of hydrogen-bond acceptors (Lipinski definition) is 9. The topological polar surface area (TPSA) is 107 Å². The molecule has 3 heterocycles. The second-order valence-electron chi connectivity index (χ2n) is 15.0. The zero-order valence-electron chi connectivity index (χ0n) is 29.9. The molecule has 10 nitrogen and oxygen atoms in total. The Balaban J connectivity index is 1.36. The number of rotatable bonds is 4. The van der Waals surface area contributed by atoms with Crippen molar-refractivity contribution in [3.05, 3.63) is 58.1 Å². The molecule has 2 fully saturated rings. The number of anilines is 1. The highest BCUT2D eigenvalue weighted by molar-refractivity contribution is 7.90. The molecule has 1 N–H and O–H groups in total. The first-order chi connectivity index (χ1) is 24.0. The molecule has 1 saturated carbocycles. The minimum atomic E-state index is -4.05. The van der Waals surface area contributed by atoms with Crippen molar-refractivity contribution < 1.29 is 32.2 Å². The molecule has 0 unspecified atom stereocenters. The predicted molar refractivity (Wildman–Crippen MR) is 195 cm³/mol. The highest BCUT2D eigenvalue weighted by Crippen LogP contribution is 2.46. The Bertz CT molecular complexity index is 1580. The van der Waals surface area contributed by atoms with Gasteiger partial charge in [0.1, 0.15) is 17.6 Å². The summed E-state index contributed by atoms with van der Waals surface area (Å²) in [5.41, 5.74) is 3.36. The van der Waals surface area contributed by atoms with Crippen LogP contribution >= 0.6 is 11.6 Å². The number of ether oxygens (including phenoxy) is 4. The first-order valence-electron chi connectivity index (χ1n) is 18.3. The Labute approximate surface area is 303 Å². The second kappa shape index (κ2) is 16.5. The third kappa shape index (κ3) is 8.61. The number of carbonyl (C=O) groups excluding carboxylic acids is 1. The highest BCUT2D eigenvalue weighted by Gasteiger charge is 2.44. The normalized spacial score (nSPS) is 30.9. The monoisotopic (exact) mass is 731 g/mol. The molecule has 2 aromatic rings. The molecule has 1 saturated heterocycles. The van der Waals surface area contributed by atoms with Gasteiger partial charge < -0.3 is 28.7 Å². The minimum absolute atomic E-state index is 0.00281. The Hall–Kier alpha value is -2.41. The van der Waals surface area contributed by atoms with Crippen molar-refractivity contribution in [3.8, 4) is 5.75 Å². The fraction of sp³-hybridized carbons (Fsp3) is 0.658. The van der Waals surface area contributed by atoms with Gasteiger partial charge in [0.2, 0.25) is 10.0 Å². The van der Waals surface area contributed by atoms with E-state index >= 15 is 0 Å². The number of halogens is 1. The third-order valence-corrected chi connectivity index (χ3v) is 13.6. The summed E-state index contributed by atoms with van der Waals surface area (Å²) in [6.45, 7) is 5.14. The van der Waals surface area contributed by atoms with Crippen LogP contribution in [0.25, 0.3) is 0 Å². The number of hydrogen-bond donors (Lipinski definition) is 1. The van der Waals surface area contributed by atoms with Crippen LogP contribution in [0.3, 0.4) is 0 Å². The number of nitrogens with one attached hydrogen (secondary N) is 1. The van der Waals surface area contributed by atoms with Crippen molar-refractivity contribution >= 4 is 33.2 Å². The maximum absolute atomic E-state index is 13.8. The fourth-order valence-electron chi connectivity index (χ4n) is 8.20. The molecule has 1 amide bonds. The van der Waals surface area contributed by atoms with E-state index < -0.39 is 21.2 Å². The molecule has 4 aliphatic rings. The van der Waals surface area contributed by atoms with Crippen LogP contribution in [-0.4, -0.2) is 90.9 Å². The molecular formula is C38H54ClN3O7S. The van der Waals surface area contributed by atoms with E-state index in [0.29, 0.717) is 48.8 Å². The van der Waals surface area contributed by atoms with Gasteiger partial charge in [0.05, 0.1) is 31.5 Å². The van der Waals surface area contributed by atoms with E-state index in [1.54, 1.807) is 12.1 Å². The van der Waals surface area contributed by atoms with Gasteiger partial charge in [0, 0.05) is 36.7 Å². The Morgan fingerprint density at radius 1 is 0.980 bits per heavy atom. The summed E-state index contributed by atoms with van der Waals surface area (Å²) in [5.74, 6) is 0.799. The number of methoxy groups -OCH3 is 1. The van der Waals surface area contributed by atoms with E-state index in [0.717, 1.165) is 69.3 Å². The van der Waals surface area contributed by atoms with Crippen molar-refractivity contribution in [3.63, 3.8) is 0 Å². The molecule has 12 heteroatoms. The van der Waals surface area contributed by atoms with Gasteiger partial charge in [-0.3, -0.25) is 4.79 Å². The molecule has 0 aromatic heterocycles. The van der Waals surface area contributed by atoms with Crippen molar-refractivity contribution in [1.29, 1.82) is 0 Å². The first kappa shape index (κ1) is 37.4. The molecule has 6 rings (SSSR count). The van der Waals surface area contributed by atoms with Gasteiger partial charge in [0.15, 0.2) is 6.29 Å². The van der Waals surface area contributed by atoms with Crippen LogP contribution in [0.5, 0.6) is 5.75 Å². The second-order valence-corrected chi connectivity index (χ2v) is 17.3. The van der Waals surface area contributed by atoms with Crippen LogP contribution in [0.15, 0.2) is 36.4 Å². The van der Waals surface area contributed by atoms with Gasteiger partial charge in [0.25, 0.3) is 5.91 Å². The van der Waals surface area contributed by atoms with Crippen molar-refractivity contribution in [2.75, 3.05) is 59.0 Å². The largest absolute Gasteiger partial charge is 0.487 e. The average molecular weight is 732 g/mol. The van der Waals surface area contributed by atoms with Crippen molar-refractivity contribution in [2.45, 2.75) is 82.5 Å². The number of fused-ring (bicyclic) bond motifs is 3. The number of sulfonamides is 1. The third-order valence-electron chi connectivity index (χ3n) is 11.5. The number of aryl methyl sites for hydroxylation is 1. The van der Waals surface area contributed by atoms with E-state index in [9.17, 15) is 13.2 Å². The number of likely N-dealkylation sites (N-methyl/N-ethyl adjacent to an activating group) is 1. The quantitative estimate of drug-likeness (QED) is 0.412. The summed E-state index contributed by atoms with van der Waals surface area (Å²) >= 11 is 6.38. The smallest absolute Gasteiger partial charge is 0.264 e. The molecule has 2 bridgehead atoms. The standard InChI is InChI=1S/C38H54ClN3O7S/c1-25-8-7-10-33(38-48-22-31(23-49-38)41(2)3)32-15-12-28(32)20-42-17-6-5-9-26-18-30(39)14-11-29(26)21-47-35-16-13-27(19-34(35)42)37(43)40-50(44,45)36(25)24-46-4/h11,13-14,16,18-19,25,28,31-33,36,38H,5-10,12,15,17,20-24H2,1-4H3,(H,40,43)/t25-,28-,31-,32+,33+,36+,38+/m0/s1. The van der Waals surface area contributed by atoms with E-state index in [1.807, 2.05) is 31.2 Å². The van der Waals surface area contributed by atoms with Crippen molar-refractivity contribution in [2.24, 2.45) is 23.7 Å². The van der Waals surface area contributed by atoms with Gasteiger partial charge in [-0.2, -0.15) is 0 Å². The fourth-order valence-corrected chi connectivity index (χ4v) is 9.99. The van der Waals surface area contributed by atoms with E-state index in [1.165, 1.54) is 12.7 Å². The molecular weight excluding hydrogens is 678 g/mol. The van der Waals surface area contributed by atoms with E-state index in [-0.39, 0.29) is 36.3 Å². The maximum atomic E-state index is 13.8. The zero-order valence-corrected chi connectivity index (χ0v) is 31.5. The molecule has 0 radical (unpaired) electrons. The number of amides is 1. The summed E-state index contributed by atoms with van der Waals surface area (Å²) < 4.78 is 54.7. The Morgan fingerprint density at radius 3 is 2.50 bits per heavy atom. The Morgan fingerprint density at radius 2 is 1.78 bits per heavy atom. The Kier molecular flexibility index (Phi) is 12.3. The van der Waals surface area contributed by atoms with Crippen LogP contribution in [0.4, 0.5) is 5.69 Å². The van der Waals surface area contributed by atoms with Crippen LogP contribution in [0.1, 0.15) is 73.4 Å².